The van der Waals surface area contributed by atoms with Gasteiger partial charge in [0, 0.05) is 11.1 Å². The molecule has 1 aliphatic heterocycles. The third-order valence-corrected chi connectivity index (χ3v) is 6.79. The summed E-state index contributed by atoms with van der Waals surface area (Å²) in [5.74, 6) is -1.65. The largest absolute Gasteiger partial charge is 0.507 e. The van der Waals surface area contributed by atoms with Crippen molar-refractivity contribution in [2.75, 3.05) is 19.1 Å². The fraction of sp³-hybridized carbons (Fsp3) is 0.115. The molecule has 1 amide bonds. The minimum Gasteiger partial charge on any atom is -0.507 e. The molecular weight excluding hydrogens is 471 g/mol. The maximum Gasteiger partial charge on any atom is 0.301 e. The summed E-state index contributed by atoms with van der Waals surface area (Å²) < 4.78 is 25.2. The summed E-state index contributed by atoms with van der Waals surface area (Å²) >= 11 is 1.07. The van der Waals surface area contributed by atoms with Gasteiger partial charge in [0.2, 0.25) is 0 Å². The zero-order valence-electron chi connectivity index (χ0n) is 18.7. The molecule has 0 bridgehead atoms. The Bertz CT molecular complexity index is 1500. The predicted molar refractivity (Wildman–Crippen MR) is 130 cm³/mol. The molecule has 1 saturated heterocycles. The molecule has 4 aromatic rings. The summed E-state index contributed by atoms with van der Waals surface area (Å²) in [6.45, 7) is 0. The number of Topliss-reactive ketones (excluding diaryl/α,β-unsaturated/α-hetero) is 1. The second-order valence-corrected chi connectivity index (χ2v) is 8.76. The van der Waals surface area contributed by atoms with Crippen molar-refractivity contribution in [3.63, 3.8) is 0 Å². The Morgan fingerprint density at radius 2 is 1.80 bits per heavy atom. The highest BCUT2D eigenvalue weighted by Gasteiger charge is 2.49. The van der Waals surface area contributed by atoms with Crippen LogP contribution >= 0.6 is 11.3 Å². The van der Waals surface area contributed by atoms with E-state index in [2.05, 4.69) is 4.98 Å². The van der Waals surface area contributed by atoms with E-state index in [-0.39, 0.29) is 16.5 Å². The number of nitrogens with zero attached hydrogens (tertiary/aromatic N) is 2. The number of halogens is 1. The van der Waals surface area contributed by atoms with Gasteiger partial charge in [-0.2, -0.15) is 0 Å². The number of hydrogen-bond donors (Lipinski definition) is 1. The fourth-order valence-electron chi connectivity index (χ4n) is 4.12. The first-order valence-corrected chi connectivity index (χ1v) is 11.4. The summed E-state index contributed by atoms with van der Waals surface area (Å²) in [5, 5.41) is 11.4. The first kappa shape index (κ1) is 22.5. The summed E-state index contributed by atoms with van der Waals surface area (Å²) in [7, 11) is 2.96. The third-order valence-electron chi connectivity index (χ3n) is 5.77. The van der Waals surface area contributed by atoms with Gasteiger partial charge >= 0.3 is 5.91 Å². The van der Waals surface area contributed by atoms with Gasteiger partial charge in [-0.05, 0) is 36.4 Å². The monoisotopic (exact) mass is 490 g/mol. The molecule has 9 heteroatoms. The zero-order chi connectivity index (χ0) is 24.7. The number of thiazole rings is 1. The van der Waals surface area contributed by atoms with Crippen LogP contribution in [0.5, 0.6) is 11.5 Å². The standard InChI is InChI=1S/C26H19FN2O5S/c1-33-16-9-11-19(34-2)17(13-16)22-21(23(30)14-6-4-3-5-7-14)24(31)25(32)29(22)26-28-18-10-8-15(27)12-20(18)35-26/h3-13,22,30H,1-2H3/b23-21+/t22-/m0/s1. The molecule has 1 aliphatic rings. The normalized spacial score (nSPS) is 17.2. The highest BCUT2D eigenvalue weighted by atomic mass is 32.1. The lowest BCUT2D eigenvalue weighted by molar-refractivity contribution is -0.132. The molecule has 3 aromatic carbocycles. The maximum absolute atomic E-state index is 13.8. The van der Waals surface area contributed by atoms with E-state index in [1.165, 1.54) is 37.3 Å². The Kier molecular flexibility index (Phi) is 5.70. The molecule has 1 atom stereocenters. The average Bonchev–Trinajstić information content (AvgIpc) is 3.41. The van der Waals surface area contributed by atoms with Crippen molar-refractivity contribution in [2.45, 2.75) is 6.04 Å². The molecule has 1 N–H and O–H groups in total. The molecule has 0 radical (unpaired) electrons. The van der Waals surface area contributed by atoms with E-state index in [1.807, 2.05) is 0 Å². The van der Waals surface area contributed by atoms with Crippen LogP contribution in [-0.4, -0.2) is 36.0 Å². The summed E-state index contributed by atoms with van der Waals surface area (Å²) in [5.41, 5.74) is 1.17. The first-order chi connectivity index (χ1) is 16.9. The summed E-state index contributed by atoms with van der Waals surface area (Å²) in [6, 6.07) is 16.5. The number of amides is 1. The Balaban J connectivity index is 1.79. The zero-order valence-corrected chi connectivity index (χ0v) is 19.5. The fourth-order valence-corrected chi connectivity index (χ4v) is 5.14. The number of methoxy groups -OCH3 is 2. The number of aliphatic hydroxyl groups excluding tert-OH is 1. The van der Waals surface area contributed by atoms with Crippen molar-refractivity contribution in [3.05, 3.63) is 89.2 Å². The van der Waals surface area contributed by atoms with Crippen molar-refractivity contribution < 1.29 is 28.6 Å². The number of anilines is 1. The van der Waals surface area contributed by atoms with Gasteiger partial charge in [0.1, 0.15) is 29.1 Å². The van der Waals surface area contributed by atoms with Crippen LogP contribution in [0, 0.1) is 5.82 Å². The molecule has 176 valence electrons. The lowest BCUT2D eigenvalue weighted by Crippen LogP contribution is -2.29. The van der Waals surface area contributed by atoms with E-state index < -0.39 is 23.5 Å². The number of fused-ring (bicyclic) bond motifs is 1. The van der Waals surface area contributed by atoms with Gasteiger partial charge in [0.15, 0.2) is 5.13 Å². The second kappa shape index (κ2) is 8.84. The number of carbonyl (C=O) groups is 2. The van der Waals surface area contributed by atoms with Gasteiger partial charge in [-0.15, -0.1) is 0 Å². The summed E-state index contributed by atoms with van der Waals surface area (Å²) in [4.78, 5) is 32.4. The molecule has 1 fully saturated rings. The van der Waals surface area contributed by atoms with Gasteiger partial charge in [-0.3, -0.25) is 14.5 Å². The first-order valence-electron chi connectivity index (χ1n) is 10.6. The van der Waals surface area contributed by atoms with Crippen LogP contribution in [0.25, 0.3) is 16.0 Å². The number of benzene rings is 3. The van der Waals surface area contributed by atoms with Crippen LogP contribution in [0.15, 0.2) is 72.3 Å². The Hall–Kier alpha value is -4.24. The van der Waals surface area contributed by atoms with E-state index in [0.717, 1.165) is 11.3 Å². The van der Waals surface area contributed by atoms with Gasteiger partial charge in [-0.1, -0.05) is 41.7 Å². The summed E-state index contributed by atoms with van der Waals surface area (Å²) in [6.07, 6.45) is 0. The van der Waals surface area contributed by atoms with E-state index in [0.29, 0.717) is 32.8 Å². The number of ketones is 1. The van der Waals surface area contributed by atoms with Gasteiger partial charge in [0.05, 0.1) is 30.0 Å². The molecule has 0 saturated carbocycles. The number of carbonyl (C=O) groups excluding carboxylic acids is 2. The highest BCUT2D eigenvalue weighted by Crippen LogP contribution is 2.47. The van der Waals surface area contributed by atoms with Crippen LogP contribution in [0.1, 0.15) is 17.2 Å². The average molecular weight is 491 g/mol. The van der Waals surface area contributed by atoms with Crippen LogP contribution in [0.2, 0.25) is 0 Å². The quantitative estimate of drug-likeness (QED) is 0.239. The molecule has 7 nitrogen and oxygen atoms in total. The molecule has 2 heterocycles. The van der Waals surface area contributed by atoms with Crippen molar-refractivity contribution >= 4 is 44.1 Å². The Labute approximate surface area is 203 Å². The van der Waals surface area contributed by atoms with E-state index in [1.54, 1.807) is 48.5 Å². The number of aliphatic hydroxyl groups is 1. The minimum absolute atomic E-state index is 0.113. The van der Waals surface area contributed by atoms with Gasteiger partial charge in [0.25, 0.3) is 5.78 Å². The van der Waals surface area contributed by atoms with E-state index >= 15 is 0 Å². The second-order valence-electron chi connectivity index (χ2n) is 7.75. The van der Waals surface area contributed by atoms with E-state index in [9.17, 15) is 19.1 Å². The van der Waals surface area contributed by atoms with Crippen LogP contribution < -0.4 is 14.4 Å². The number of ether oxygens (including phenoxy) is 2. The van der Waals surface area contributed by atoms with Crippen molar-refractivity contribution in [1.29, 1.82) is 0 Å². The van der Waals surface area contributed by atoms with Crippen molar-refractivity contribution in [1.82, 2.24) is 4.98 Å². The topological polar surface area (TPSA) is 89.0 Å². The third kappa shape index (κ3) is 3.79. The Morgan fingerprint density at radius 3 is 2.51 bits per heavy atom. The molecule has 0 unspecified atom stereocenters. The Morgan fingerprint density at radius 1 is 1.03 bits per heavy atom. The van der Waals surface area contributed by atoms with Crippen molar-refractivity contribution in [3.8, 4) is 11.5 Å². The number of rotatable bonds is 5. The SMILES string of the molecule is COc1ccc(OC)c([C@H]2/C(=C(\O)c3ccccc3)C(=O)C(=O)N2c2nc3ccc(F)cc3s2)c1. The van der Waals surface area contributed by atoms with Gasteiger partial charge < -0.3 is 14.6 Å². The van der Waals surface area contributed by atoms with E-state index in [4.69, 9.17) is 9.47 Å². The maximum atomic E-state index is 13.8. The molecule has 0 aliphatic carbocycles. The highest BCUT2D eigenvalue weighted by molar-refractivity contribution is 7.22. The van der Waals surface area contributed by atoms with Crippen molar-refractivity contribution in [2.24, 2.45) is 0 Å². The molecular formula is C26H19FN2O5S. The molecule has 5 rings (SSSR count). The molecule has 35 heavy (non-hydrogen) atoms. The minimum atomic E-state index is -1.06. The number of aromatic nitrogens is 1. The van der Waals surface area contributed by atoms with Crippen LogP contribution in [0.4, 0.5) is 9.52 Å². The van der Waals surface area contributed by atoms with Crippen LogP contribution in [-0.2, 0) is 9.59 Å². The molecule has 0 spiro atoms. The number of hydrogen-bond acceptors (Lipinski definition) is 7. The predicted octanol–water partition coefficient (Wildman–Crippen LogP) is 5.08. The lowest BCUT2D eigenvalue weighted by atomic mass is 9.94. The van der Waals surface area contributed by atoms with Crippen LogP contribution in [0.3, 0.4) is 0 Å². The molecule has 1 aromatic heterocycles. The smallest absolute Gasteiger partial charge is 0.301 e. The van der Waals surface area contributed by atoms with Gasteiger partial charge in [-0.25, -0.2) is 9.37 Å². The lowest BCUT2D eigenvalue weighted by Gasteiger charge is -2.25.